The number of pyridine rings is 1. The van der Waals surface area contributed by atoms with Crippen molar-refractivity contribution in [3.63, 3.8) is 0 Å². The summed E-state index contributed by atoms with van der Waals surface area (Å²) >= 11 is 2.79. The number of thiophene rings is 1. The number of alkyl halides is 3. The van der Waals surface area contributed by atoms with Crippen molar-refractivity contribution in [3.8, 4) is 0 Å². The van der Waals surface area contributed by atoms with Gasteiger partial charge >= 0.3 is 6.18 Å². The van der Waals surface area contributed by atoms with Gasteiger partial charge in [-0.2, -0.15) is 13.2 Å². The van der Waals surface area contributed by atoms with Crippen LogP contribution < -0.4 is 5.73 Å². The van der Waals surface area contributed by atoms with Crippen molar-refractivity contribution >= 4 is 39.0 Å². The number of aromatic nitrogens is 3. The molecule has 0 fully saturated rings. The molecular formula is C17H18F3N5S2. The number of hydrogen-bond acceptors (Lipinski definition) is 7. The maximum atomic E-state index is 12.8. The van der Waals surface area contributed by atoms with Gasteiger partial charge in [0.1, 0.15) is 5.82 Å². The van der Waals surface area contributed by atoms with Crippen molar-refractivity contribution in [2.45, 2.75) is 24.3 Å². The second kappa shape index (κ2) is 7.99. The minimum Gasteiger partial charge on any atom is -0.384 e. The Morgan fingerprint density at radius 2 is 2.00 bits per heavy atom. The lowest BCUT2D eigenvalue weighted by Crippen LogP contribution is -2.11. The molecule has 0 radical (unpaired) electrons. The molecule has 0 aliphatic carbocycles. The molecule has 3 aromatic rings. The molecular weight excluding hydrogens is 395 g/mol. The van der Waals surface area contributed by atoms with Crippen LogP contribution in [-0.2, 0) is 19.1 Å². The van der Waals surface area contributed by atoms with E-state index in [1.165, 1.54) is 10.9 Å². The third-order valence-corrected chi connectivity index (χ3v) is 5.52. The summed E-state index contributed by atoms with van der Waals surface area (Å²) in [5.74, 6) is 0.317. The van der Waals surface area contributed by atoms with Crippen LogP contribution in [0.25, 0.3) is 10.1 Å². The zero-order valence-electron chi connectivity index (χ0n) is 14.7. The Morgan fingerprint density at radius 1 is 1.22 bits per heavy atom. The Labute approximate surface area is 162 Å². The average Bonchev–Trinajstić information content (AvgIpc) is 2.95. The molecule has 3 aromatic heterocycles. The minimum absolute atomic E-state index is 0.0206. The second-order valence-corrected chi connectivity index (χ2v) is 8.20. The van der Waals surface area contributed by atoms with E-state index in [2.05, 4.69) is 25.2 Å². The molecule has 0 bridgehead atoms. The summed E-state index contributed by atoms with van der Waals surface area (Å²) in [5.41, 5.74) is 6.57. The van der Waals surface area contributed by atoms with E-state index in [4.69, 9.17) is 5.73 Å². The fourth-order valence-corrected chi connectivity index (χ4v) is 4.26. The molecule has 10 heteroatoms. The van der Waals surface area contributed by atoms with Crippen LogP contribution in [0.15, 0.2) is 28.9 Å². The molecule has 3 heterocycles. The van der Waals surface area contributed by atoms with Gasteiger partial charge in [-0.1, -0.05) is 11.8 Å². The Bertz CT molecular complexity index is 940. The first-order chi connectivity index (χ1) is 12.7. The Kier molecular flexibility index (Phi) is 5.87. The maximum absolute atomic E-state index is 12.8. The molecule has 3 rings (SSSR count). The van der Waals surface area contributed by atoms with Gasteiger partial charge in [0.25, 0.3) is 0 Å². The van der Waals surface area contributed by atoms with E-state index in [9.17, 15) is 13.2 Å². The fraction of sp³-hybridized carbons (Fsp3) is 0.353. The highest BCUT2D eigenvalue weighted by Crippen LogP contribution is 2.30. The summed E-state index contributed by atoms with van der Waals surface area (Å²) in [5, 5.41) is 3.32. The normalized spacial score (nSPS) is 12.2. The molecule has 0 aliphatic heterocycles. The summed E-state index contributed by atoms with van der Waals surface area (Å²) in [6.45, 7) is 0.843. The number of fused-ring (bicyclic) bond motifs is 1. The predicted molar refractivity (Wildman–Crippen MR) is 103 cm³/mol. The number of thioether (sulfide) groups is 1. The van der Waals surface area contributed by atoms with Crippen LogP contribution in [0, 0.1) is 0 Å². The van der Waals surface area contributed by atoms with Crippen molar-refractivity contribution in [2.24, 2.45) is 0 Å². The highest BCUT2D eigenvalue weighted by molar-refractivity contribution is 7.99. The molecule has 27 heavy (non-hydrogen) atoms. The van der Waals surface area contributed by atoms with E-state index in [-0.39, 0.29) is 11.0 Å². The van der Waals surface area contributed by atoms with Crippen LogP contribution in [0.2, 0.25) is 0 Å². The average molecular weight is 413 g/mol. The van der Waals surface area contributed by atoms with Crippen molar-refractivity contribution in [3.05, 3.63) is 40.7 Å². The monoisotopic (exact) mass is 413 g/mol. The molecule has 0 amide bonds. The quantitative estimate of drug-likeness (QED) is 0.485. The van der Waals surface area contributed by atoms with Crippen LogP contribution in [0.3, 0.4) is 0 Å². The highest BCUT2D eigenvalue weighted by Gasteiger charge is 2.33. The van der Waals surface area contributed by atoms with Gasteiger partial charge < -0.3 is 10.6 Å². The summed E-state index contributed by atoms with van der Waals surface area (Å²) in [4.78, 5) is 14.0. The first-order valence-corrected chi connectivity index (χ1v) is 9.93. The Morgan fingerprint density at radius 3 is 2.70 bits per heavy atom. The predicted octanol–water partition coefficient (Wildman–Crippen LogP) is 4.08. The fourth-order valence-electron chi connectivity index (χ4n) is 2.53. The molecule has 0 saturated heterocycles. The first kappa shape index (κ1) is 19.8. The lowest BCUT2D eigenvalue weighted by atomic mass is 10.1. The highest BCUT2D eigenvalue weighted by atomic mass is 32.2. The third kappa shape index (κ3) is 5.08. The van der Waals surface area contributed by atoms with Crippen LogP contribution in [0.5, 0.6) is 0 Å². The van der Waals surface area contributed by atoms with Crippen LogP contribution >= 0.6 is 23.1 Å². The third-order valence-electron chi connectivity index (χ3n) is 3.69. The van der Waals surface area contributed by atoms with E-state index in [0.29, 0.717) is 12.2 Å². The number of hydrogen-bond donors (Lipinski definition) is 1. The molecule has 0 atom stereocenters. The van der Waals surface area contributed by atoms with Gasteiger partial charge in [-0.25, -0.2) is 9.97 Å². The van der Waals surface area contributed by atoms with E-state index < -0.39 is 11.9 Å². The van der Waals surface area contributed by atoms with E-state index in [1.54, 1.807) is 11.3 Å². The molecule has 0 saturated carbocycles. The summed E-state index contributed by atoms with van der Waals surface area (Å²) in [7, 11) is 4.03. The van der Waals surface area contributed by atoms with Gasteiger partial charge in [-0.3, -0.25) is 4.98 Å². The molecule has 0 aliphatic rings. The first-order valence-electron chi connectivity index (χ1n) is 8.06. The molecule has 2 N–H and O–H groups in total. The van der Waals surface area contributed by atoms with Crippen molar-refractivity contribution in [1.82, 2.24) is 19.9 Å². The number of nitrogens with zero attached hydrogens (tertiary/aromatic N) is 4. The van der Waals surface area contributed by atoms with E-state index >= 15 is 0 Å². The second-order valence-electron chi connectivity index (χ2n) is 6.23. The standard InChI is InChI=1S/C17H18F3N5S2/c1-25(2)8-10-9-27-13-7-22-11(5-12(10)13)3-4-26-16-23-14(17(18,19)20)6-15(21)24-16/h5-7,9H,3-4,8H2,1-2H3,(H2,21,23,24). The number of nitrogen functional groups attached to an aromatic ring is 1. The van der Waals surface area contributed by atoms with Crippen molar-refractivity contribution < 1.29 is 13.2 Å². The zero-order chi connectivity index (χ0) is 19.6. The molecule has 5 nitrogen and oxygen atoms in total. The number of rotatable bonds is 6. The summed E-state index contributed by atoms with van der Waals surface area (Å²) < 4.78 is 39.6. The van der Waals surface area contributed by atoms with Gasteiger partial charge in [-0.05, 0) is 37.5 Å². The Balaban J connectivity index is 1.69. The number of aryl methyl sites for hydroxylation is 1. The van der Waals surface area contributed by atoms with Crippen LogP contribution in [0.4, 0.5) is 19.0 Å². The lowest BCUT2D eigenvalue weighted by Gasteiger charge is -2.09. The maximum Gasteiger partial charge on any atom is 0.433 e. The van der Waals surface area contributed by atoms with E-state index in [0.717, 1.165) is 34.8 Å². The largest absolute Gasteiger partial charge is 0.433 e. The van der Waals surface area contributed by atoms with Gasteiger partial charge in [0.2, 0.25) is 0 Å². The molecule has 0 unspecified atom stereocenters. The van der Waals surface area contributed by atoms with Crippen molar-refractivity contribution in [1.29, 1.82) is 0 Å². The molecule has 0 spiro atoms. The SMILES string of the molecule is CN(C)Cc1csc2cnc(CCSc3nc(N)cc(C(F)(F)F)n3)cc12. The smallest absolute Gasteiger partial charge is 0.384 e. The number of halogens is 3. The minimum atomic E-state index is -4.54. The van der Waals surface area contributed by atoms with Crippen LogP contribution in [-0.4, -0.2) is 39.7 Å². The van der Waals surface area contributed by atoms with Crippen molar-refractivity contribution in [2.75, 3.05) is 25.6 Å². The molecule has 144 valence electrons. The van der Waals surface area contributed by atoms with Gasteiger partial charge in [0, 0.05) is 35.6 Å². The summed E-state index contributed by atoms with van der Waals surface area (Å²) in [6.07, 6.45) is -2.10. The number of anilines is 1. The molecule has 0 aromatic carbocycles. The van der Waals surface area contributed by atoms with Crippen LogP contribution in [0.1, 0.15) is 17.0 Å². The zero-order valence-corrected chi connectivity index (χ0v) is 16.4. The van der Waals surface area contributed by atoms with E-state index in [1.807, 2.05) is 26.4 Å². The van der Waals surface area contributed by atoms with Gasteiger partial charge in [0.05, 0.1) is 4.70 Å². The Hall–Kier alpha value is -1.91. The topological polar surface area (TPSA) is 67.9 Å². The number of nitrogens with two attached hydrogens (primary N) is 1. The lowest BCUT2D eigenvalue weighted by molar-refractivity contribution is -0.141. The van der Waals surface area contributed by atoms with Gasteiger partial charge in [-0.15, -0.1) is 11.3 Å². The van der Waals surface area contributed by atoms with Gasteiger partial charge in [0.15, 0.2) is 10.9 Å². The summed E-state index contributed by atoms with van der Waals surface area (Å²) in [6, 6.07) is 2.79.